The van der Waals surface area contributed by atoms with Crippen LogP contribution < -0.4 is 18.9 Å². The lowest BCUT2D eigenvalue weighted by molar-refractivity contribution is -0.139. The SMILES string of the molecule is C=CC(=O)OCCCOc1ccc2c(c1)-c1nc-2nc2[nH]c(nc3nc(nc4[nH]c(n1)c1cc(OCCOC(=O)C=C)ccc41)-c1ccc(OCCOC(=O)C=C)cc1-3)c1cc(OCCOC(=O)C=C)ccc21. The van der Waals surface area contributed by atoms with Crippen molar-refractivity contribution in [2.75, 3.05) is 52.9 Å². The van der Waals surface area contributed by atoms with Gasteiger partial charge < -0.3 is 47.9 Å². The van der Waals surface area contributed by atoms with E-state index < -0.39 is 23.9 Å². The summed E-state index contributed by atoms with van der Waals surface area (Å²) < 4.78 is 44.6. The minimum absolute atomic E-state index is 0.00595. The lowest BCUT2D eigenvalue weighted by Gasteiger charge is -2.08. The molecule has 0 radical (unpaired) electrons. The number of carbonyl (C=O) groups excluding carboxylic acids is 4. The van der Waals surface area contributed by atoms with Gasteiger partial charge in [0.15, 0.2) is 23.3 Å². The molecular weight excluding hydrogens is 941 g/mol. The summed E-state index contributed by atoms with van der Waals surface area (Å²) in [5.74, 6) is 0.864. The number of hydrogen-bond acceptors (Lipinski definition) is 18. The Morgan fingerprint density at radius 1 is 0.370 bits per heavy atom. The van der Waals surface area contributed by atoms with Crippen molar-refractivity contribution >= 4 is 68.0 Å². The fourth-order valence-electron chi connectivity index (χ4n) is 7.63. The second-order valence-corrected chi connectivity index (χ2v) is 15.7. The van der Waals surface area contributed by atoms with Crippen LogP contribution in [-0.2, 0) is 38.1 Å². The van der Waals surface area contributed by atoms with Crippen LogP contribution in [0.3, 0.4) is 0 Å². The van der Waals surface area contributed by atoms with Crippen LogP contribution in [0, 0.1) is 0 Å². The molecule has 0 amide bonds. The molecule has 9 rings (SSSR count). The van der Waals surface area contributed by atoms with Gasteiger partial charge in [0.05, 0.1) is 13.2 Å². The summed E-state index contributed by atoms with van der Waals surface area (Å²) in [6.45, 7) is 14.3. The van der Waals surface area contributed by atoms with Gasteiger partial charge in [0.1, 0.15) is 85.2 Å². The number of hydrogen-bond donors (Lipinski definition) is 2. The molecule has 0 aliphatic carbocycles. The topological polar surface area (TPSA) is 251 Å². The third kappa shape index (κ3) is 11.0. The molecule has 2 aliphatic heterocycles. The van der Waals surface area contributed by atoms with E-state index in [-0.39, 0.29) is 58.7 Å². The van der Waals surface area contributed by atoms with Gasteiger partial charge in [-0.1, -0.05) is 26.3 Å². The van der Waals surface area contributed by atoms with Crippen molar-refractivity contribution in [1.29, 1.82) is 0 Å². The normalized spacial score (nSPS) is 11.1. The molecule has 20 heteroatoms. The van der Waals surface area contributed by atoms with Gasteiger partial charge in [0.25, 0.3) is 0 Å². The highest BCUT2D eigenvalue weighted by atomic mass is 16.6. The van der Waals surface area contributed by atoms with Crippen molar-refractivity contribution < 1.29 is 57.1 Å². The maximum atomic E-state index is 11.7. The van der Waals surface area contributed by atoms with Crippen LogP contribution in [0.15, 0.2) is 123 Å². The van der Waals surface area contributed by atoms with E-state index >= 15 is 0 Å². The minimum Gasteiger partial charge on any atom is -0.493 e. The van der Waals surface area contributed by atoms with Gasteiger partial charge in [-0.2, -0.15) is 0 Å². The summed E-state index contributed by atoms with van der Waals surface area (Å²) >= 11 is 0. The van der Waals surface area contributed by atoms with Crippen LogP contribution in [0.2, 0.25) is 0 Å². The molecule has 0 unspecified atom stereocenters. The van der Waals surface area contributed by atoms with E-state index in [4.69, 9.17) is 67.8 Å². The number of esters is 4. The lowest BCUT2D eigenvalue weighted by atomic mass is 10.1. The molecule has 0 fully saturated rings. The zero-order chi connectivity index (χ0) is 50.8. The lowest BCUT2D eigenvalue weighted by Crippen LogP contribution is -2.10. The molecule has 0 saturated carbocycles. The van der Waals surface area contributed by atoms with Crippen molar-refractivity contribution in [1.82, 2.24) is 39.9 Å². The maximum Gasteiger partial charge on any atom is 0.330 e. The molecule has 0 atom stereocenters. The van der Waals surface area contributed by atoms with Crippen LogP contribution in [0.5, 0.6) is 23.0 Å². The van der Waals surface area contributed by atoms with Crippen molar-refractivity contribution in [3.63, 3.8) is 0 Å². The van der Waals surface area contributed by atoms with Gasteiger partial charge in [0, 0.05) is 74.5 Å². The Morgan fingerprint density at radius 2 is 0.699 bits per heavy atom. The van der Waals surface area contributed by atoms with E-state index in [0.717, 1.165) is 24.3 Å². The number of aromatic amines is 2. The molecule has 7 aromatic rings. The Labute approximate surface area is 415 Å². The predicted octanol–water partition coefficient (Wildman–Crippen LogP) is 7.69. The minimum atomic E-state index is -0.570. The number of H-pyrrole nitrogens is 2. The first-order chi connectivity index (χ1) is 35.6. The second-order valence-electron chi connectivity index (χ2n) is 15.7. The zero-order valence-electron chi connectivity index (χ0n) is 39.0. The second kappa shape index (κ2) is 21.9. The number of carbonyl (C=O) groups is 4. The molecule has 0 saturated heterocycles. The first-order valence-corrected chi connectivity index (χ1v) is 22.7. The third-order valence-electron chi connectivity index (χ3n) is 11.0. The highest BCUT2D eigenvalue weighted by Crippen LogP contribution is 2.40. The van der Waals surface area contributed by atoms with Gasteiger partial charge in [0.2, 0.25) is 0 Å². The number of aromatic nitrogens is 8. The third-order valence-corrected chi connectivity index (χ3v) is 11.0. The van der Waals surface area contributed by atoms with Gasteiger partial charge in [-0.25, -0.2) is 49.1 Å². The Balaban J connectivity index is 1.23. The van der Waals surface area contributed by atoms with Crippen LogP contribution in [0.4, 0.5) is 0 Å². The molecule has 5 heterocycles. The smallest absolute Gasteiger partial charge is 0.330 e. The summed E-state index contributed by atoms with van der Waals surface area (Å²) in [4.78, 5) is 83.9. The highest BCUT2D eigenvalue weighted by Gasteiger charge is 2.24. The van der Waals surface area contributed by atoms with Gasteiger partial charge in [-0.15, -0.1) is 0 Å². The summed E-state index contributed by atoms with van der Waals surface area (Å²) in [5.41, 5.74) is 4.00. The largest absolute Gasteiger partial charge is 0.493 e. The molecule has 2 aliphatic rings. The summed E-state index contributed by atoms with van der Waals surface area (Å²) in [6, 6.07) is 21.6. The van der Waals surface area contributed by atoms with E-state index in [2.05, 4.69) is 36.3 Å². The summed E-state index contributed by atoms with van der Waals surface area (Å²) in [6.07, 6.45) is 4.77. The molecule has 73 heavy (non-hydrogen) atoms. The van der Waals surface area contributed by atoms with E-state index in [1.165, 1.54) is 0 Å². The summed E-state index contributed by atoms with van der Waals surface area (Å²) in [7, 11) is 0. The summed E-state index contributed by atoms with van der Waals surface area (Å²) in [5, 5.41) is 2.54. The van der Waals surface area contributed by atoms with E-state index in [1.54, 1.807) is 42.5 Å². The van der Waals surface area contributed by atoms with E-state index in [9.17, 15) is 19.2 Å². The average Bonchev–Trinajstić information content (AvgIpc) is 4.14. The number of benzene rings is 4. The molecule has 0 spiro atoms. The molecule has 3 aromatic heterocycles. The van der Waals surface area contributed by atoms with Crippen LogP contribution in [-0.4, -0.2) is 117 Å². The van der Waals surface area contributed by atoms with E-state index in [1.807, 2.05) is 30.3 Å². The quantitative estimate of drug-likeness (QED) is 0.0303. The van der Waals surface area contributed by atoms with Gasteiger partial charge in [-0.3, -0.25) is 0 Å². The van der Waals surface area contributed by atoms with Crippen LogP contribution in [0.25, 0.3) is 89.7 Å². The molecular formula is C53H44N8O12. The van der Waals surface area contributed by atoms with Gasteiger partial charge >= 0.3 is 23.9 Å². The number of ether oxygens (including phenoxy) is 8. The maximum absolute atomic E-state index is 11.7. The first kappa shape index (κ1) is 48.3. The van der Waals surface area contributed by atoms with Crippen molar-refractivity contribution in [3.05, 3.63) is 123 Å². The van der Waals surface area contributed by atoms with Crippen molar-refractivity contribution in [3.8, 4) is 68.5 Å². The Kier molecular flexibility index (Phi) is 14.5. The Morgan fingerprint density at radius 3 is 1.10 bits per heavy atom. The van der Waals surface area contributed by atoms with Gasteiger partial charge in [-0.05, 0) is 72.8 Å². The molecule has 8 bridgehead atoms. The van der Waals surface area contributed by atoms with Crippen molar-refractivity contribution in [2.24, 2.45) is 0 Å². The molecule has 2 N–H and O–H groups in total. The number of nitrogens with one attached hydrogen (secondary N) is 2. The zero-order valence-corrected chi connectivity index (χ0v) is 39.0. The molecule has 20 nitrogen and oxygen atoms in total. The van der Waals surface area contributed by atoms with E-state index in [0.29, 0.717) is 113 Å². The monoisotopic (exact) mass is 984 g/mol. The number of fused-ring (bicyclic) bond motifs is 20. The number of nitrogens with zero attached hydrogens (tertiary/aromatic N) is 6. The molecule has 4 aromatic carbocycles. The number of rotatable bonds is 21. The van der Waals surface area contributed by atoms with Crippen molar-refractivity contribution in [2.45, 2.75) is 6.42 Å². The fraction of sp³-hybridized carbons (Fsp3) is 0.170. The predicted molar refractivity (Wildman–Crippen MR) is 267 cm³/mol. The average molecular weight is 985 g/mol. The fourth-order valence-corrected chi connectivity index (χ4v) is 7.63. The first-order valence-electron chi connectivity index (χ1n) is 22.7. The highest BCUT2D eigenvalue weighted by molar-refractivity contribution is 6.07. The van der Waals surface area contributed by atoms with Crippen LogP contribution >= 0.6 is 0 Å². The Hall–Kier alpha value is -9.72. The standard InChI is InChI=1S/C53H44N8O12/c1-5-42(62)70-19-9-18-66-30-10-14-34-38(26-30)50-56-46(34)54-47-36-16-12-32(68-21-24-72-44(64)7-3)28-40(36)52(58-47)61-53-41-29-33(69-22-25-73-45(65)8-4)13-17-37(41)49(59-53)55-48-35-15-11-31(27-39(35)51(57-48)60-50)67-20-23-71-43(63)6-2/h5-8,10-17,26-29H,1-4,9,18-25H2,(H2,54,55,56,57,58,59,60,61). The molecule has 368 valence electrons. The Bertz CT molecular complexity index is 3540. The van der Waals surface area contributed by atoms with Crippen LogP contribution in [0.1, 0.15) is 6.42 Å².